The molecule has 0 aromatic heterocycles. The van der Waals surface area contributed by atoms with Crippen molar-refractivity contribution >= 4 is 23.2 Å². The molecule has 7 N–H and O–H groups in total. The number of nitrogens with two attached hydrogens (primary N) is 1. The predicted molar refractivity (Wildman–Crippen MR) is 172 cm³/mol. The molecule has 5 rings (SSSR count). The van der Waals surface area contributed by atoms with Crippen LogP contribution in [0.2, 0.25) is 0 Å². The summed E-state index contributed by atoms with van der Waals surface area (Å²) in [6, 6.07) is 9.82. The number of phenols is 1. The van der Waals surface area contributed by atoms with Crippen molar-refractivity contribution in [3.63, 3.8) is 0 Å². The number of aromatic hydroxyl groups is 1. The summed E-state index contributed by atoms with van der Waals surface area (Å²) in [5, 5.41) is 47.9. The van der Waals surface area contributed by atoms with Crippen LogP contribution in [-0.4, -0.2) is 107 Å². The Morgan fingerprint density at radius 3 is 2.36 bits per heavy atom. The maximum Gasteiger partial charge on any atom is 0.255 e. The van der Waals surface area contributed by atoms with Gasteiger partial charge in [0.1, 0.15) is 22.8 Å². The van der Waals surface area contributed by atoms with Gasteiger partial charge in [-0.25, -0.2) is 0 Å². The van der Waals surface area contributed by atoms with Crippen LogP contribution >= 0.6 is 0 Å². The average molecular weight is 621 g/mol. The maximum atomic E-state index is 13.9. The molecule has 0 saturated heterocycles. The lowest BCUT2D eigenvalue weighted by atomic mass is 9.57. The Morgan fingerprint density at radius 1 is 1.09 bits per heavy atom. The number of fused-ring (bicyclic) bond motifs is 3. The Labute approximate surface area is 263 Å². The topological polar surface area (TPSA) is 177 Å². The molecule has 0 radical (unpaired) electrons. The number of carbonyl (C=O) groups is 3. The molecule has 2 aromatic rings. The number of ketones is 2. The SMILES string of the molecule is CCNCCN(C)C.Cc1cccc(-c2ccc(O)c3c2C[C@H]2C[C@H]4[C@H](N(C)C)C(=O)C(C(N)=O)=C(O)[C@@]4(O)C(=O)C2=C3O)c1. The number of likely N-dealkylation sites (N-methyl/N-ethyl adjacent to an activating group) is 3. The Bertz CT molecular complexity index is 1580. The van der Waals surface area contributed by atoms with Crippen molar-refractivity contribution in [3.05, 3.63) is 70.0 Å². The molecule has 45 heavy (non-hydrogen) atoms. The van der Waals surface area contributed by atoms with Crippen LogP contribution < -0.4 is 11.1 Å². The summed E-state index contributed by atoms with van der Waals surface area (Å²) in [7, 11) is 7.30. The second-order valence-corrected chi connectivity index (χ2v) is 12.5. The van der Waals surface area contributed by atoms with E-state index in [-0.39, 0.29) is 29.7 Å². The smallest absolute Gasteiger partial charge is 0.255 e. The number of nitrogens with one attached hydrogen (secondary N) is 1. The van der Waals surface area contributed by atoms with Gasteiger partial charge in [0.25, 0.3) is 5.91 Å². The van der Waals surface area contributed by atoms with Crippen LogP contribution in [-0.2, 0) is 20.8 Å². The van der Waals surface area contributed by atoms with Crippen LogP contribution in [0.15, 0.2) is 53.3 Å². The fourth-order valence-corrected chi connectivity index (χ4v) is 6.81. The number of rotatable bonds is 7. The van der Waals surface area contributed by atoms with E-state index < -0.39 is 58.0 Å². The van der Waals surface area contributed by atoms with Crippen LogP contribution in [0.3, 0.4) is 0 Å². The summed E-state index contributed by atoms with van der Waals surface area (Å²) in [4.78, 5) is 42.8. The first kappa shape index (κ1) is 33.9. The van der Waals surface area contributed by atoms with Gasteiger partial charge in [-0.1, -0.05) is 42.8 Å². The van der Waals surface area contributed by atoms with Gasteiger partial charge in [-0.15, -0.1) is 0 Å². The first-order valence-corrected chi connectivity index (χ1v) is 15.1. The third-order valence-corrected chi connectivity index (χ3v) is 8.92. The fraction of sp³-hybridized carbons (Fsp3) is 0.441. The summed E-state index contributed by atoms with van der Waals surface area (Å²) in [5.41, 5.74) is 5.10. The number of carbonyl (C=O) groups excluding carboxylic acids is 3. The van der Waals surface area contributed by atoms with Crippen molar-refractivity contribution in [3.8, 4) is 16.9 Å². The number of primary amides is 1. The molecule has 4 atom stereocenters. The molecule has 3 aliphatic carbocycles. The zero-order valence-corrected chi connectivity index (χ0v) is 26.7. The number of amides is 1. The monoisotopic (exact) mass is 620 g/mol. The van der Waals surface area contributed by atoms with Crippen molar-refractivity contribution in [1.82, 2.24) is 15.1 Å². The molecule has 2 aromatic carbocycles. The third kappa shape index (κ3) is 6.00. The Morgan fingerprint density at radius 2 is 1.78 bits per heavy atom. The number of hydrogen-bond donors (Lipinski definition) is 6. The quantitative estimate of drug-likeness (QED) is 0.199. The van der Waals surface area contributed by atoms with E-state index in [0.29, 0.717) is 5.56 Å². The van der Waals surface area contributed by atoms with E-state index in [9.17, 15) is 34.8 Å². The molecule has 0 unspecified atom stereocenters. The summed E-state index contributed by atoms with van der Waals surface area (Å²) in [5.74, 6) is -6.61. The summed E-state index contributed by atoms with van der Waals surface area (Å²) >= 11 is 0. The minimum Gasteiger partial charge on any atom is -0.508 e. The van der Waals surface area contributed by atoms with Gasteiger partial charge >= 0.3 is 0 Å². The summed E-state index contributed by atoms with van der Waals surface area (Å²) in [6.45, 7) is 7.38. The minimum absolute atomic E-state index is 0.0503. The van der Waals surface area contributed by atoms with Crippen LogP contribution in [0.25, 0.3) is 16.9 Å². The number of Topliss-reactive ketones (excluding diaryl/α,β-unsaturated/α-hetero) is 2. The van der Waals surface area contributed by atoms with E-state index >= 15 is 0 Å². The van der Waals surface area contributed by atoms with Crippen molar-refractivity contribution in [2.45, 2.75) is 38.3 Å². The molecule has 0 bridgehead atoms. The van der Waals surface area contributed by atoms with Crippen LogP contribution in [0.5, 0.6) is 5.75 Å². The highest BCUT2D eigenvalue weighted by molar-refractivity contribution is 6.24. The lowest BCUT2D eigenvalue weighted by Crippen LogP contribution is -2.65. The van der Waals surface area contributed by atoms with E-state index in [2.05, 4.69) is 31.2 Å². The van der Waals surface area contributed by atoms with Crippen LogP contribution in [0.1, 0.15) is 30.0 Å². The molecule has 0 aliphatic heterocycles. The van der Waals surface area contributed by atoms with Crippen molar-refractivity contribution in [2.24, 2.45) is 17.6 Å². The van der Waals surface area contributed by atoms with Gasteiger partial charge in [0, 0.05) is 24.6 Å². The zero-order valence-electron chi connectivity index (χ0n) is 26.7. The third-order valence-electron chi connectivity index (χ3n) is 8.92. The fourth-order valence-electron chi connectivity index (χ4n) is 6.81. The highest BCUT2D eigenvalue weighted by Gasteiger charge is 2.64. The molecule has 1 saturated carbocycles. The number of hydrogen-bond acceptors (Lipinski definition) is 10. The Kier molecular flexibility index (Phi) is 9.88. The van der Waals surface area contributed by atoms with Gasteiger partial charge in [-0.2, -0.15) is 0 Å². The van der Waals surface area contributed by atoms with E-state index in [1.165, 1.54) is 11.0 Å². The standard InChI is InChI=1S/C28H28N2O7.C6H16N2/c1-12-5-4-6-13(9-12)15-7-8-18(31)20-16(15)10-14-11-17-22(30(2)3)24(33)21(27(29)36)26(35)28(17,37)25(34)19(14)23(20)32;1-4-7-5-6-8(2)3/h4-9,14,17,22,31-32,35,37H,10-11H2,1-3H3,(H2,29,36);7H,4-6H2,1-3H3/t14-,17-,22-,28-;/m0./s1. The van der Waals surface area contributed by atoms with Gasteiger partial charge in [-0.3, -0.25) is 19.3 Å². The largest absolute Gasteiger partial charge is 0.508 e. The van der Waals surface area contributed by atoms with Gasteiger partial charge in [0.2, 0.25) is 5.78 Å². The van der Waals surface area contributed by atoms with Crippen LogP contribution in [0.4, 0.5) is 0 Å². The number of aliphatic hydroxyl groups is 3. The van der Waals surface area contributed by atoms with Gasteiger partial charge in [-0.05, 0) is 83.2 Å². The number of nitrogens with zero attached hydrogens (tertiary/aromatic N) is 2. The van der Waals surface area contributed by atoms with E-state index in [1.54, 1.807) is 20.2 Å². The molecule has 0 spiro atoms. The Hall–Kier alpha value is -4.03. The summed E-state index contributed by atoms with van der Waals surface area (Å²) < 4.78 is 0. The second kappa shape index (κ2) is 13.1. The first-order valence-electron chi connectivity index (χ1n) is 15.1. The molecule has 0 heterocycles. The highest BCUT2D eigenvalue weighted by Crippen LogP contribution is 2.53. The van der Waals surface area contributed by atoms with Gasteiger partial charge in [0.15, 0.2) is 11.4 Å². The number of benzene rings is 2. The molecule has 242 valence electrons. The average Bonchev–Trinajstić information content (AvgIpc) is 2.95. The molecular formula is C34H44N4O7. The summed E-state index contributed by atoms with van der Waals surface area (Å²) in [6.07, 6.45) is 0.293. The van der Waals surface area contributed by atoms with Gasteiger partial charge in [0.05, 0.1) is 11.6 Å². The normalized spacial score (nSPS) is 24.2. The molecule has 1 amide bonds. The lowest BCUT2D eigenvalue weighted by molar-refractivity contribution is -0.153. The maximum absolute atomic E-state index is 13.9. The predicted octanol–water partition coefficient (Wildman–Crippen LogP) is 2.10. The van der Waals surface area contributed by atoms with Crippen LogP contribution in [0, 0.1) is 18.8 Å². The molecule has 3 aliphatic rings. The van der Waals surface area contributed by atoms with Crippen molar-refractivity contribution in [2.75, 3.05) is 47.8 Å². The Balaban J connectivity index is 0.000000510. The number of phenolic OH excluding ortho intramolecular Hbond substituents is 1. The van der Waals surface area contributed by atoms with Crippen molar-refractivity contribution in [1.29, 1.82) is 0 Å². The van der Waals surface area contributed by atoms with Gasteiger partial charge < -0.3 is 36.4 Å². The second-order valence-electron chi connectivity index (χ2n) is 12.5. The number of aryl methyl sites for hydroxylation is 1. The molecule has 11 heteroatoms. The first-order chi connectivity index (χ1) is 21.2. The van der Waals surface area contributed by atoms with Crippen molar-refractivity contribution < 1.29 is 34.8 Å². The molecular weight excluding hydrogens is 576 g/mol. The molecule has 11 nitrogen and oxygen atoms in total. The van der Waals surface area contributed by atoms with E-state index in [1.807, 2.05) is 31.2 Å². The molecule has 1 fully saturated rings. The highest BCUT2D eigenvalue weighted by atomic mass is 16.3. The lowest BCUT2D eigenvalue weighted by Gasteiger charge is -2.50. The zero-order chi connectivity index (χ0) is 33.4. The van der Waals surface area contributed by atoms with E-state index in [4.69, 9.17) is 5.73 Å². The minimum atomic E-state index is -2.64. The number of aliphatic hydroxyl groups excluding tert-OH is 2. The van der Waals surface area contributed by atoms with E-state index in [0.717, 1.165) is 36.3 Å².